The Bertz CT molecular complexity index is 339. The second-order valence-electron chi connectivity index (χ2n) is 10.1. The number of aliphatic hydroxyl groups is 1. The fraction of sp³-hybridized carbons (Fsp3) is 0.900. The van der Waals surface area contributed by atoms with Gasteiger partial charge in [-0.25, -0.2) is 0 Å². The quantitative estimate of drug-likeness (QED) is 0.553. The summed E-state index contributed by atoms with van der Waals surface area (Å²) in [5.74, 6) is 0. The third kappa shape index (κ3) is 8.66. The predicted molar refractivity (Wildman–Crippen MR) is 95.5 cm³/mol. The largest absolute Gasteiger partial charge is 0.393 e. The number of hydrogen-bond donors (Lipinski definition) is 1. The molecule has 0 heterocycles. The SMILES string of the molecule is CCC(O)C(C)(C)CC(C)(C)C=CC(C)(C)CC(C)(C)C. The van der Waals surface area contributed by atoms with Gasteiger partial charge in [0.2, 0.25) is 0 Å². The van der Waals surface area contributed by atoms with E-state index in [1.54, 1.807) is 0 Å². The Morgan fingerprint density at radius 3 is 1.48 bits per heavy atom. The van der Waals surface area contributed by atoms with Gasteiger partial charge in [-0.15, -0.1) is 0 Å². The van der Waals surface area contributed by atoms with Crippen molar-refractivity contribution in [2.75, 3.05) is 0 Å². The molecule has 0 saturated heterocycles. The molecule has 0 aromatic carbocycles. The highest BCUT2D eigenvalue weighted by Crippen LogP contribution is 2.40. The molecule has 0 fully saturated rings. The van der Waals surface area contributed by atoms with E-state index in [4.69, 9.17) is 0 Å². The van der Waals surface area contributed by atoms with Gasteiger partial charge in [0.1, 0.15) is 0 Å². The molecule has 1 atom stereocenters. The summed E-state index contributed by atoms with van der Waals surface area (Å²) in [5, 5.41) is 10.2. The zero-order valence-corrected chi connectivity index (χ0v) is 16.3. The Balaban J connectivity index is 4.92. The molecule has 1 unspecified atom stereocenters. The summed E-state index contributed by atoms with van der Waals surface area (Å²) in [6, 6.07) is 0. The fourth-order valence-corrected chi connectivity index (χ4v) is 3.78. The van der Waals surface area contributed by atoms with Crippen LogP contribution < -0.4 is 0 Å². The van der Waals surface area contributed by atoms with E-state index in [2.05, 4.69) is 81.4 Å². The lowest BCUT2D eigenvalue weighted by atomic mass is 9.70. The number of allylic oxidation sites excluding steroid dienone is 2. The van der Waals surface area contributed by atoms with Crippen LogP contribution in [0.2, 0.25) is 0 Å². The van der Waals surface area contributed by atoms with Gasteiger partial charge in [-0.2, -0.15) is 0 Å². The number of rotatable bonds is 7. The average molecular weight is 297 g/mol. The van der Waals surface area contributed by atoms with Gasteiger partial charge in [-0.3, -0.25) is 0 Å². The molecule has 0 aliphatic heterocycles. The third-order valence-electron chi connectivity index (χ3n) is 4.17. The van der Waals surface area contributed by atoms with Crippen LogP contribution in [0.5, 0.6) is 0 Å². The predicted octanol–water partition coefficient (Wildman–Crippen LogP) is 6.22. The summed E-state index contributed by atoms with van der Waals surface area (Å²) >= 11 is 0. The molecular formula is C20H40O. The maximum Gasteiger partial charge on any atom is 0.0588 e. The summed E-state index contributed by atoms with van der Waals surface area (Å²) in [7, 11) is 0. The molecule has 0 bridgehead atoms. The molecule has 21 heavy (non-hydrogen) atoms. The smallest absolute Gasteiger partial charge is 0.0588 e. The van der Waals surface area contributed by atoms with E-state index in [1.807, 2.05) is 0 Å². The van der Waals surface area contributed by atoms with Crippen molar-refractivity contribution < 1.29 is 5.11 Å². The highest BCUT2D eigenvalue weighted by Gasteiger charge is 2.33. The molecule has 0 amide bonds. The van der Waals surface area contributed by atoms with Crippen molar-refractivity contribution >= 4 is 0 Å². The highest BCUT2D eigenvalue weighted by molar-refractivity contribution is 5.04. The minimum Gasteiger partial charge on any atom is -0.393 e. The molecule has 0 rings (SSSR count). The van der Waals surface area contributed by atoms with Gasteiger partial charge in [-0.05, 0) is 40.9 Å². The van der Waals surface area contributed by atoms with E-state index in [-0.39, 0.29) is 22.3 Å². The van der Waals surface area contributed by atoms with Crippen molar-refractivity contribution in [3.8, 4) is 0 Å². The summed E-state index contributed by atoms with van der Waals surface area (Å²) in [6.07, 6.45) is 7.51. The number of hydrogen-bond acceptors (Lipinski definition) is 1. The van der Waals surface area contributed by atoms with Crippen LogP contribution in [0.25, 0.3) is 0 Å². The third-order valence-corrected chi connectivity index (χ3v) is 4.17. The zero-order chi connectivity index (χ0) is 17.1. The zero-order valence-electron chi connectivity index (χ0n) is 16.3. The molecule has 0 radical (unpaired) electrons. The Morgan fingerprint density at radius 2 is 1.14 bits per heavy atom. The minimum absolute atomic E-state index is 0.0449. The maximum atomic E-state index is 10.2. The molecule has 1 N–H and O–H groups in total. The lowest BCUT2D eigenvalue weighted by Crippen LogP contribution is -2.33. The Hall–Kier alpha value is -0.300. The average Bonchev–Trinajstić information content (AvgIpc) is 2.21. The van der Waals surface area contributed by atoms with Gasteiger partial charge in [-0.1, -0.05) is 81.4 Å². The maximum absolute atomic E-state index is 10.2. The van der Waals surface area contributed by atoms with Gasteiger partial charge in [0.25, 0.3) is 0 Å². The van der Waals surface area contributed by atoms with Crippen molar-refractivity contribution in [3.63, 3.8) is 0 Å². The molecule has 0 aliphatic rings. The van der Waals surface area contributed by atoms with Gasteiger partial charge >= 0.3 is 0 Å². The topological polar surface area (TPSA) is 20.2 Å². The van der Waals surface area contributed by atoms with Crippen molar-refractivity contribution in [2.45, 2.75) is 94.6 Å². The van der Waals surface area contributed by atoms with Crippen LogP contribution in [0.15, 0.2) is 12.2 Å². The highest BCUT2D eigenvalue weighted by atomic mass is 16.3. The fourth-order valence-electron chi connectivity index (χ4n) is 3.78. The van der Waals surface area contributed by atoms with E-state index >= 15 is 0 Å². The van der Waals surface area contributed by atoms with Crippen LogP contribution in [-0.4, -0.2) is 11.2 Å². The lowest BCUT2D eigenvalue weighted by Gasteiger charge is -2.37. The van der Waals surface area contributed by atoms with E-state index in [9.17, 15) is 5.11 Å². The molecular weight excluding hydrogens is 256 g/mol. The molecule has 0 spiro atoms. The molecule has 126 valence electrons. The van der Waals surface area contributed by atoms with Crippen LogP contribution in [0.1, 0.15) is 88.5 Å². The second-order valence-corrected chi connectivity index (χ2v) is 10.1. The lowest BCUT2D eigenvalue weighted by molar-refractivity contribution is 0.0232. The van der Waals surface area contributed by atoms with E-state index in [1.165, 1.54) is 6.42 Å². The van der Waals surface area contributed by atoms with Crippen molar-refractivity contribution in [1.82, 2.24) is 0 Å². The summed E-state index contributed by atoms with van der Waals surface area (Å²) in [5.41, 5.74) is 0.615. The monoisotopic (exact) mass is 296 g/mol. The molecule has 0 aromatic heterocycles. The van der Waals surface area contributed by atoms with Crippen LogP contribution in [0, 0.1) is 21.7 Å². The van der Waals surface area contributed by atoms with Gasteiger partial charge in [0.05, 0.1) is 6.10 Å². The summed E-state index contributed by atoms with van der Waals surface area (Å²) in [6.45, 7) is 22.5. The summed E-state index contributed by atoms with van der Waals surface area (Å²) < 4.78 is 0. The first-order valence-corrected chi connectivity index (χ1v) is 8.49. The van der Waals surface area contributed by atoms with Gasteiger partial charge < -0.3 is 5.11 Å². The normalized spacial score (nSPS) is 16.5. The second kappa shape index (κ2) is 6.86. The standard InChI is InChI=1S/C20H40O/c1-11-16(21)20(9,10)15-19(7,8)13-12-18(5,6)14-17(2,3)4/h12-13,16,21H,11,14-15H2,1-10H3. The Morgan fingerprint density at radius 1 is 0.762 bits per heavy atom. The van der Waals surface area contributed by atoms with Crippen LogP contribution in [0.4, 0.5) is 0 Å². The molecule has 1 heteroatoms. The molecule has 0 saturated carbocycles. The molecule has 1 nitrogen and oxygen atoms in total. The van der Waals surface area contributed by atoms with Crippen molar-refractivity contribution in [3.05, 3.63) is 12.2 Å². The van der Waals surface area contributed by atoms with Crippen LogP contribution >= 0.6 is 0 Å². The first-order valence-electron chi connectivity index (χ1n) is 8.49. The Labute approximate surface area is 134 Å². The van der Waals surface area contributed by atoms with Crippen molar-refractivity contribution in [2.24, 2.45) is 21.7 Å². The van der Waals surface area contributed by atoms with E-state index in [0.717, 1.165) is 12.8 Å². The minimum atomic E-state index is -0.229. The van der Waals surface area contributed by atoms with Crippen molar-refractivity contribution in [1.29, 1.82) is 0 Å². The van der Waals surface area contributed by atoms with Crippen LogP contribution in [-0.2, 0) is 0 Å². The number of aliphatic hydroxyl groups excluding tert-OH is 1. The Kier molecular flexibility index (Phi) is 6.76. The van der Waals surface area contributed by atoms with E-state index in [0.29, 0.717) is 5.41 Å². The first-order chi connectivity index (χ1) is 9.10. The van der Waals surface area contributed by atoms with Crippen LogP contribution in [0.3, 0.4) is 0 Å². The molecule has 0 aliphatic carbocycles. The van der Waals surface area contributed by atoms with Gasteiger partial charge in [0.15, 0.2) is 0 Å². The van der Waals surface area contributed by atoms with E-state index < -0.39 is 0 Å². The van der Waals surface area contributed by atoms with Gasteiger partial charge in [0, 0.05) is 0 Å². The molecule has 0 aromatic rings. The first kappa shape index (κ1) is 20.7. The summed E-state index contributed by atoms with van der Waals surface area (Å²) in [4.78, 5) is 0.